The number of halogens is 1. The van der Waals surface area contributed by atoms with E-state index in [9.17, 15) is 19.5 Å². The normalized spacial score (nSPS) is 17.0. The fourth-order valence-corrected chi connectivity index (χ4v) is 7.25. The van der Waals surface area contributed by atoms with Crippen LogP contribution in [0.1, 0.15) is 56.6 Å². The Morgan fingerprint density at radius 2 is 1.80 bits per heavy atom. The Bertz CT molecular complexity index is 1130. The van der Waals surface area contributed by atoms with Crippen LogP contribution in [0.15, 0.2) is 28.7 Å². The highest BCUT2D eigenvalue weighted by Gasteiger charge is 2.42. The van der Waals surface area contributed by atoms with E-state index in [2.05, 4.69) is 48.9 Å². The summed E-state index contributed by atoms with van der Waals surface area (Å²) in [4.78, 5) is 38.1. The first-order valence-electron chi connectivity index (χ1n) is 11.3. The lowest BCUT2D eigenvalue weighted by Crippen LogP contribution is -2.51. The summed E-state index contributed by atoms with van der Waals surface area (Å²) >= 11 is 4.39. The lowest BCUT2D eigenvalue weighted by atomic mass is 9.63. The molecular formula is C25H31BrN2O6S. The number of nitrogens with one attached hydrogen (secondary N) is 1. The van der Waals surface area contributed by atoms with Gasteiger partial charge in [0, 0.05) is 18.8 Å². The number of carboxylic acid groups (broad SMARTS) is 2. The van der Waals surface area contributed by atoms with Gasteiger partial charge in [-0.15, -0.1) is 11.3 Å². The molecular weight excluding hydrogens is 536 g/mol. The molecule has 10 heteroatoms. The number of hydrogen-bond donors (Lipinski definition) is 3. The van der Waals surface area contributed by atoms with Crippen LogP contribution < -0.4 is 15.0 Å². The molecule has 1 saturated carbocycles. The predicted octanol–water partition coefficient (Wildman–Crippen LogP) is 6.09. The van der Waals surface area contributed by atoms with Crippen LogP contribution in [-0.4, -0.2) is 47.9 Å². The molecule has 1 heterocycles. The van der Waals surface area contributed by atoms with Gasteiger partial charge in [-0.2, -0.15) is 0 Å². The zero-order valence-electron chi connectivity index (χ0n) is 20.5. The number of carboxylic acids is 2. The summed E-state index contributed by atoms with van der Waals surface area (Å²) < 4.78 is 5.64. The van der Waals surface area contributed by atoms with Gasteiger partial charge in [0.25, 0.3) is 0 Å². The molecule has 0 aliphatic heterocycles. The molecule has 0 unspecified atom stereocenters. The molecule has 2 amide bonds. The lowest BCUT2D eigenvalue weighted by molar-refractivity contribution is -0.139. The van der Waals surface area contributed by atoms with Gasteiger partial charge in [-0.1, -0.05) is 39.8 Å². The molecule has 2 aromatic rings. The Hall–Kier alpha value is -2.59. The Balaban J connectivity index is 2.06. The molecule has 190 valence electrons. The first-order valence-corrected chi connectivity index (χ1v) is 12.9. The summed E-state index contributed by atoms with van der Waals surface area (Å²) in [5.41, 5.74) is 1.53. The summed E-state index contributed by atoms with van der Waals surface area (Å²) in [6.07, 6.45) is 2.78. The Morgan fingerprint density at radius 1 is 1.17 bits per heavy atom. The molecule has 35 heavy (non-hydrogen) atoms. The average Bonchev–Trinajstić information content (AvgIpc) is 3.06. The van der Waals surface area contributed by atoms with Crippen molar-refractivity contribution in [3.63, 3.8) is 0 Å². The second-order valence-corrected chi connectivity index (χ2v) is 12.2. The minimum Gasteiger partial charge on any atom is -0.479 e. The van der Waals surface area contributed by atoms with Crippen molar-refractivity contribution >= 4 is 50.9 Å². The van der Waals surface area contributed by atoms with Gasteiger partial charge in [0.2, 0.25) is 0 Å². The minimum absolute atomic E-state index is 0.0141. The van der Waals surface area contributed by atoms with E-state index in [1.807, 2.05) is 24.3 Å². The number of thiophene rings is 1. The lowest BCUT2D eigenvalue weighted by Gasteiger charge is -2.48. The van der Waals surface area contributed by atoms with Crippen molar-refractivity contribution in [2.75, 3.05) is 18.6 Å². The first kappa shape index (κ1) is 27.0. The van der Waals surface area contributed by atoms with Crippen molar-refractivity contribution in [2.45, 2.75) is 53.0 Å². The van der Waals surface area contributed by atoms with Crippen molar-refractivity contribution in [3.05, 3.63) is 33.6 Å². The van der Waals surface area contributed by atoms with Crippen LogP contribution in [0, 0.1) is 10.8 Å². The van der Waals surface area contributed by atoms with E-state index in [4.69, 9.17) is 9.84 Å². The molecule has 0 spiro atoms. The molecule has 8 nitrogen and oxygen atoms in total. The SMILES string of the molecule is CNC(=O)N(c1cccc(-c2sc(C(=O)O)c(OCC(=O)O)c2Br)c1)C1CC(C)(C)CC(C)(C)C1. The van der Waals surface area contributed by atoms with Gasteiger partial charge in [-0.05, 0) is 63.7 Å². The summed E-state index contributed by atoms with van der Waals surface area (Å²) in [5.74, 6) is -2.44. The molecule has 0 saturated heterocycles. The van der Waals surface area contributed by atoms with Gasteiger partial charge in [0.05, 0.1) is 9.35 Å². The zero-order chi connectivity index (χ0) is 26.1. The fourth-order valence-electron chi connectivity index (χ4n) is 5.37. The number of aromatic carboxylic acids is 1. The molecule has 0 bridgehead atoms. The summed E-state index contributed by atoms with van der Waals surface area (Å²) in [5, 5.41) is 21.4. The van der Waals surface area contributed by atoms with Crippen molar-refractivity contribution in [3.8, 4) is 16.2 Å². The van der Waals surface area contributed by atoms with E-state index in [1.165, 1.54) is 0 Å². The molecule has 3 N–H and O–H groups in total. The quantitative estimate of drug-likeness (QED) is 0.373. The standard InChI is InChI=1S/C25H31BrN2O6S/c1-24(2)10-16(11-25(3,4)13-24)28(23(33)27-5)15-8-6-7-14(9-15)20-18(26)19(34-12-17(29)30)21(35-20)22(31)32/h6-9,16H,10-13H2,1-5H3,(H,27,33)(H,29,30)(H,31,32). The van der Waals surface area contributed by atoms with Crippen molar-refractivity contribution in [1.29, 1.82) is 0 Å². The van der Waals surface area contributed by atoms with E-state index in [0.29, 0.717) is 20.6 Å². The zero-order valence-corrected chi connectivity index (χ0v) is 22.9. The molecule has 0 radical (unpaired) electrons. The highest BCUT2D eigenvalue weighted by Crippen LogP contribution is 2.49. The number of aliphatic carboxylic acids is 1. The van der Waals surface area contributed by atoms with Gasteiger partial charge in [0.15, 0.2) is 17.2 Å². The van der Waals surface area contributed by atoms with Crippen LogP contribution in [0.25, 0.3) is 10.4 Å². The third kappa shape index (κ3) is 6.16. The van der Waals surface area contributed by atoms with Gasteiger partial charge < -0.3 is 20.3 Å². The molecule has 0 atom stereocenters. The highest BCUT2D eigenvalue weighted by molar-refractivity contribution is 9.10. The Morgan fingerprint density at radius 3 is 2.34 bits per heavy atom. The minimum atomic E-state index is -1.21. The van der Waals surface area contributed by atoms with Crippen LogP contribution in [0.4, 0.5) is 10.5 Å². The maximum Gasteiger partial charge on any atom is 0.349 e. The van der Waals surface area contributed by atoms with Gasteiger partial charge in [0.1, 0.15) is 0 Å². The van der Waals surface area contributed by atoms with E-state index in [-0.39, 0.29) is 33.5 Å². The van der Waals surface area contributed by atoms with Crippen LogP contribution in [0.5, 0.6) is 5.75 Å². The Kier molecular flexibility index (Phi) is 7.86. The smallest absolute Gasteiger partial charge is 0.349 e. The number of rotatable bonds is 7. The number of ether oxygens (including phenoxy) is 1. The predicted molar refractivity (Wildman–Crippen MR) is 140 cm³/mol. The van der Waals surface area contributed by atoms with E-state index >= 15 is 0 Å². The number of amides is 2. The topological polar surface area (TPSA) is 116 Å². The molecule has 1 aromatic carbocycles. The van der Waals surface area contributed by atoms with Crippen molar-refractivity contribution in [1.82, 2.24) is 5.32 Å². The fraction of sp³-hybridized carbons (Fsp3) is 0.480. The van der Waals surface area contributed by atoms with Crippen molar-refractivity contribution < 1.29 is 29.3 Å². The third-order valence-electron chi connectivity index (χ3n) is 6.06. The molecule has 1 aliphatic rings. The summed E-state index contributed by atoms with van der Waals surface area (Å²) in [6, 6.07) is 7.15. The van der Waals surface area contributed by atoms with E-state index in [1.54, 1.807) is 11.9 Å². The van der Waals surface area contributed by atoms with E-state index < -0.39 is 18.5 Å². The molecule has 3 rings (SSSR count). The number of benzene rings is 1. The largest absolute Gasteiger partial charge is 0.479 e. The van der Waals surface area contributed by atoms with Crippen LogP contribution in [0.2, 0.25) is 0 Å². The molecule has 1 aromatic heterocycles. The van der Waals surface area contributed by atoms with Gasteiger partial charge in [-0.25, -0.2) is 14.4 Å². The highest BCUT2D eigenvalue weighted by atomic mass is 79.9. The third-order valence-corrected chi connectivity index (χ3v) is 8.29. The van der Waals surface area contributed by atoms with Gasteiger partial charge in [-0.3, -0.25) is 4.90 Å². The van der Waals surface area contributed by atoms with Gasteiger partial charge >= 0.3 is 18.0 Å². The number of carbonyl (C=O) groups is 3. The van der Waals surface area contributed by atoms with Crippen LogP contribution in [0.3, 0.4) is 0 Å². The molecule has 1 aliphatic carbocycles. The maximum atomic E-state index is 13.1. The van der Waals surface area contributed by atoms with E-state index in [0.717, 1.165) is 30.6 Å². The van der Waals surface area contributed by atoms with Crippen molar-refractivity contribution in [2.24, 2.45) is 10.8 Å². The monoisotopic (exact) mass is 566 g/mol. The number of hydrogen-bond acceptors (Lipinski definition) is 5. The summed E-state index contributed by atoms with van der Waals surface area (Å²) in [7, 11) is 1.61. The van der Waals surface area contributed by atoms with Crippen LogP contribution in [-0.2, 0) is 4.79 Å². The second kappa shape index (κ2) is 10.2. The maximum absolute atomic E-state index is 13.1. The van der Waals surface area contributed by atoms with Crippen LogP contribution >= 0.6 is 27.3 Å². The second-order valence-electron chi connectivity index (χ2n) is 10.4. The number of anilines is 1. The summed E-state index contributed by atoms with van der Waals surface area (Å²) in [6.45, 7) is 8.26. The number of nitrogens with zero attached hydrogens (tertiary/aromatic N) is 1. The number of carbonyl (C=O) groups excluding carboxylic acids is 1. The Labute approximate surface area is 217 Å². The average molecular weight is 568 g/mol. The number of urea groups is 1. The first-order chi connectivity index (χ1) is 16.2. The molecule has 1 fully saturated rings.